The largest absolute Gasteiger partial charge is 0.373 e. The Hall–Kier alpha value is -2.56. The predicted molar refractivity (Wildman–Crippen MR) is 84.7 cm³/mol. The van der Waals surface area contributed by atoms with E-state index in [2.05, 4.69) is 56.1 Å². The summed E-state index contributed by atoms with van der Waals surface area (Å²) in [7, 11) is 2.15. The summed E-state index contributed by atoms with van der Waals surface area (Å²) >= 11 is 0. The molecule has 0 fully saturated rings. The van der Waals surface area contributed by atoms with E-state index in [1.54, 1.807) is 6.33 Å². The minimum atomic E-state index is 0.873. The van der Waals surface area contributed by atoms with Crippen LogP contribution in [-0.4, -0.2) is 35.1 Å². The number of aromatic nitrogens is 3. The summed E-state index contributed by atoms with van der Waals surface area (Å²) in [6.07, 6.45) is 3.55. The van der Waals surface area contributed by atoms with Crippen molar-refractivity contribution in [3.05, 3.63) is 48.4 Å². The molecule has 0 spiro atoms. The molecule has 1 aliphatic rings. The first-order chi connectivity index (χ1) is 10.3. The third kappa shape index (κ3) is 2.01. The maximum absolute atomic E-state index is 4.52. The molecule has 3 heterocycles. The van der Waals surface area contributed by atoms with Gasteiger partial charge >= 0.3 is 0 Å². The Morgan fingerprint density at radius 1 is 1.10 bits per heavy atom. The van der Waals surface area contributed by atoms with Crippen LogP contribution in [0.5, 0.6) is 0 Å². The highest BCUT2D eigenvalue weighted by Gasteiger charge is 2.20. The second-order valence-electron chi connectivity index (χ2n) is 5.41. The molecule has 2 aromatic heterocycles. The molecule has 0 aliphatic carbocycles. The number of fused-ring (bicyclic) bond motifs is 2. The Morgan fingerprint density at radius 2 is 2.00 bits per heavy atom. The average Bonchev–Trinajstić information content (AvgIpc) is 2.93. The van der Waals surface area contributed by atoms with E-state index in [9.17, 15) is 0 Å². The lowest BCUT2D eigenvalue weighted by Gasteiger charge is -2.22. The first-order valence-electron chi connectivity index (χ1n) is 7.15. The molecule has 5 nitrogen and oxygen atoms in total. The van der Waals surface area contributed by atoms with Gasteiger partial charge in [0.05, 0.1) is 5.39 Å². The molecular weight excluding hydrogens is 262 g/mol. The van der Waals surface area contributed by atoms with Gasteiger partial charge in [-0.2, -0.15) is 0 Å². The number of aromatic amines is 1. The topological polar surface area (TPSA) is 48.1 Å². The monoisotopic (exact) mass is 279 g/mol. The van der Waals surface area contributed by atoms with Crippen molar-refractivity contribution in [2.24, 2.45) is 0 Å². The molecule has 0 radical (unpaired) electrons. The van der Waals surface area contributed by atoms with Crippen LogP contribution in [0.2, 0.25) is 0 Å². The molecule has 0 saturated heterocycles. The Kier molecular flexibility index (Phi) is 2.77. The maximum atomic E-state index is 4.52. The molecule has 0 bridgehead atoms. The van der Waals surface area contributed by atoms with E-state index in [4.69, 9.17) is 0 Å². The zero-order valence-electron chi connectivity index (χ0n) is 12.0. The van der Waals surface area contributed by atoms with E-state index >= 15 is 0 Å². The van der Waals surface area contributed by atoms with Gasteiger partial charge in [-0.1, -0.05) is 18.2 Å². The van der Waals surface area contributed by atoms with Gasteiger partial charge in [0.2, 0.25) is 0 Å². The van der Waals surface area contributed by atoms with Crippen LogP contribution in [0.4, 0.5) is 11.5 Å². The van der Waals surface area contributed by atoms with Crippen LogP contribution in [0.3, 0.4) is 0 Å². The van der Waals surface area contributed by atoms with Gasteiger partial charge in [0.15, 0.2) is 0 Å². The van der Waals surface area contributed by atoms with Crippen LogP contribution < -0.4 is 9.80 Å². The van der Waals surface area contributed by atoms with E-state index in [0.29, 0.717) is 0 Å². The third-order valence-electron chi connectivity index (χ3n) is 4.10. The molecule has 1 aliphatic heterocycles. The summed E-state index contributed by atoms with van der Waals surface area (Å²) in [4.78, 5) is 16.6. The number of hydrogen-bond donors (Lipinski definition) is 1. The lowest BCUT2D eigenvalue weighted by molar-refractivity contribution is 0.787. The number of para-hydroxylation sites is 1. The van der Waals surface area contributed by atoms with Crippen LogP contribution in [0.25, 0.3) is 11.0 Å². The Bertz CT molecular complexity index is 779. The van der Waals surface area contributed by atoms with Crippen LogP contribution >= 0.6 is 0 Å². The summed E-state index contributed by atoms with van der Waals surface area (Å²) < 4.78 is 0. The number of benzene rings is 1. The molecule has 5 heteroatoms. The Morgan fingerprint density at radius 3 is 2.95 bits per heavy atom. The van der Waals surface area contributed by atoms with Gasteiger partial charge in [0, 0.05) is 38.6 Å². The van der Waals surface area contributed by atoms with E-state index in [-0.39, 0.29) is 0 Å². The number of H-pyrrole nitrogens is 1. The average molecular weight is 279 g/mol. The molecule has 0 unspecified atom stereocenters. The molecule has 0 amide bonds. The van der Waals surface area contributed by atoms with Gasteiger partial charge in [-0.15, -0.1) is 0 Å². The van der Waals surface area contributed by atoms with Crippen molar-refractivity contribution in [3.8, 4) is 0 Å². The van der Waals surface area contributed by atoms with Gasteiger partial charge in [-0.05, 0) is 17.7 Å². The van der Waals surface area contributed by atoms with E-state index in [0.717, 1.165) is 36.5 Å². The Balaban J connectivity index is 1.79. The van der Waals surface area contributed by atoms with E-state index in [1.165, 1.54) is 11.3 Å². The third-order valence-corrected chi connectivity index (χ3v) is 4.10. The number of hydrogen-bond acceptors (Lipinski definition) is 4. The van der Waals surface area contributed by atoms with Crippen LogP contribution in [0, 0.1) is 0 Å². The summed E-state index contributed by atoms with van der Waals surface area (Å²) in [5.74, 6) is 1.01. The quantitative estimate of drug-likeness (QED) is 0.743. The highest BCUT2D eigenvalue weighted by atomic mass is 15.2. The molecule has 0 atom stereocenters. The van der Waals surface area contributed by atoms with E-state index < -0.39 is 0 Å². The fraction of sp³-hybridized carbons (Fsp3) is 0.250. The number of anilines is 2. The molecule has 3 aromatic rings. The number of rotatable bonds is 1. The van der Waals surface area contributed by atoms with Gasteiger partial charge in [-0.25, -0.2) is 9.97 Å². The zero-order chi connectivity index (χ0) is 14.2. The molecule has 106 valence electrons. The molecule has 0 saturated carbocycles. The van der Waals surface area contributed by atoms with E-state index in [1.807, 2.05) is 12.3 Å². The number of nitrogens with one attached hydrogen (secondary N) is 1. The Labute approximate surface area is 123 Å². The van der Waals surface area contributed by atoms with Crippen molar-refractivity contribution < 1.29 is 0 Å². The summed E-state index contributed by atoms with van der Waals surface area (Å²) in [5, 5.41) is 1.08. The van der Waals surface area contributed by atoms with Gasteiger partial charge in [0.1, 0.15) is 17.8 Å². The normalized spacial score (nSPS) is 15.1. The molecule has 4 rings (SSSR count). The number of nitrogens with zero attached hydrogens (tertiary/aromatic N) is 4. The second-order valence-corrected chi connectivity index (χ2v) is 5.41. The first kappa shape index (κ1) is 12.2. The minimum absolute atomic E-state index is 0.873. The maximum Gasteiger partial charge on any atom is 0.142 e. The van der Waals surface area contributed by atoms with Crippen molar-refractivity contribution in [1.82, 2.24) is 15.0 Å². The summed E-state index contributed by atoms with van der Waals surface area (Å²) in [5.41, 5.74) is 3.53. The molecule has 21 heavy (non-hydrogen) atoms. The van der Waals surface area contributed by atoms with Crippen LogP contribution in [0.1, 0.15) is 5.56 Å². The zero-order valence-corrected chi connectivity index (χ0v) is 12.0. The molecule has 1 aromatic carbocycles. The van der Waals surface area contributed by atoms with Crippen LogP contribution in [-0.2, 0) is 6.54 Å². The summed E-state index contributed by atoms with van der Waals surface area (Å²) in [6, 6.07) is 10.6. The molecular formula is C16H17N5. The van der Waals surface area contributed by atoms with Crippen molar-refractivity contribution in [1.29, 1.82) is 0 Å². The standard InChI is InChI=1S/C16H17N5/c1-20-8-9-21(10-12-4-2-3-5-14(12)20)16-13-6-7-17-15(13)18-11-19-16/h2-7,11H,8-10H2,1H3,(H,17,18,19). The lowest BCUT2D eigenvalue weighted by Crippen LogP contribution is -2.29. The van der Waals surface area contributed by atoms with Crippen molar-refractivity contribution in [2.75, 3.05) is 29.9 Å². The van der Waals surface area contributed by atoms with Crippen LogP contribution in [0.15, 0.2) is 42.9 Å². The second kappa shape index (κ2) is 4.77. The highest BCUT2D eigenvalue weighted by Crippen LogP contribution is 2.29. The summed E-state index contributed by atoms with van der Waals surface area (Å²) in [6.45, 7) is 2.80. The predicted octanol–water partition coefficient (Wildman–Crippen LogP) is 2.41. The lowest BCUT2D eigenvalue weighted by atomic mass is 10.1. The minimum Gasteiger partial charge on any atom is -0.373 e. The number of likely N-dealkylation sites (N-methyl/N-ethyl adjacent to an activating group) is 1. The van der Waals surface area contributed by atoms with Crippen molar-refractivity contribution >= 4 is 22.5 Å². The van der Waals surface area contributed by atoms with Crippen molar-refractivity contribution in [2.45, 2.75) is 6.54 Å². The SMILES string of the molecule is CN1CCN(c2ncnc3[nH]ccc23)Cc2ccccc21. The smallest absolute Gasteiger partial charge is 0.142 e. The van der Waals surface area contributed by atoms with Gasteiger partial charge < -0.3 is 14.8 Å². The van der Waals surface area contributed by atoms with Crippen molar-refractivity contribution in [3.63, 3.8) is 0 Å². The van der Waals surface area contributed by atoms with Gasteiger partial charge in [-0.3, -0.25) is 0 Å². The first-order valence-corrected chi connectivity index (χ1v) is 7.15. The fourth-order valence-electron chi connectivity index (χ4n) is 2.98. The highest BCUT2D eigenvalue weighted by molar-refractivity contribution is 5.87. The fourth-order valence-corrected chi connectivity index (χ4v) is 2.98. The van der Waals surface area contributed by atoms with Gasteiger partial charge in [0.25, 0.3) is 0 Å². The molecule has 1 N–H and O–H groups in total.